The van der Waals surface area contributed by atoms with Gasteiger partial charge in [0.1, 0.15) is 5.75 Å². The third-order valence-corrected chi connectivity index (χ3v) is 5.70. The van der Waals surface area contributed by atoms with Crippen LogP contribution in [0.1, 0.15) is 40.5 Å². The number of nitrogens with zero attached hydrogens (tertiary/aromatic N) is 3. The van der Waals surface area contributed by atoms with Crippen molar-refractivity contribution in [2.45, 2.75) is 25.7 Å². The summed E-state index contributed by atoms with van der Waals surface area (Å²) in [6, 6.07) is 15.8. The fourth-order valence-electron chi connectivity index (χ4n) is 4.09. The molecule has 3 heterocycles. The van der Waals surface area contributed by atoms with E-state index in [1.807, 2.05) is 30.0 Å². The lowest BCUT2D eigenvalue weighted by atomic mass is 9.92. The van der Waals surface area contributed by atoms with Crippen molar-refractivity contribution in [2.24, 2.45) is 0 Å². The minimum absolute atomic E-state index is 0.000486. The molecule has 0 bridgehead atoms. The molecule has 0 radical (unpaired) electrons. The molecule has 1 saturated heterocycles. The van der Waals surface area contributed by atoms with Crippen molar-refractivity contribution < 1.29 is 14.3 Å². The SMILES string of the molecule is COc1cccc(-c2cc(C)nc([C@H]3CCCN(C(=O)c4ccc(OC)nc4)C3)c2)c1. The maximum atomic E-state index is 13.0. The van der Waals surface area contributed by atoms with Gasteiger partial charge in [0.25, 0.3) is 5.91 Å². The van der Waals surface area contributed by atoms with Crippen LogP contribution in [0.5, 0.6) is 11.6 Å². The number of piperidine rings is 1. The third-order valence-electron chi connectivity index (χ3n) is 5.70. The van der Waals surface area contributed by atoms with Crippen LogP contribution in [0.4, 0.5) is 0 Å². The molecule has 160 valence electrons. The highest BCUT2D eigenvalue weighted by Gasteiger charge is 2.27. The number of ether oxygens (including phenoxy) is 2. The van der Waals surface area contributed by atoms with E-state index in [4.69, 9.17) is 14.5 Å². The Labute approximate surface area is 182 Å². The zero-order valence-electron chi connectivity index (χ0n) is 18.2. The number of aryl methyl sites for hydroxylation is 1. The predicted octanol–water partition coefficient (Wildman–Crippen LogP) is 4.49. The second-order valence-electron chi connectivity index (χ2n) is 7.83. The molecule has 31 heavy (non-hydrogen) atoms. The smallest absolute Gasteiger partial charge is 0.255 e. The number of rotatable bonds is 5. The van der Waals surface area contributed by atoms with Gasteiger partial charge in [-0.15, -0.1) is 0 Å². The van der Waals surface area contributed by atoms with Gasteiger partial charge >= 0.3 is 0 Å². The van der Waals surface area contributed by atoms with E-state index in [0.717, 1.165) is 47.7 Å². The fourth-order valence-corrected chi connectivity index (χ4v) is 4.09. The van der Waals surface area contributed by atoms with Crippen molar-refractivity contribution in [1.82, 2.24) is 14.9 Å². The Hall–Kier alpha value is -3.41. The van der Waals surface area contributed by atoms with E-state index in [1.165, 1.54) is 0 Å². The van der Waals surface area contributed by atoms with E-state index in [-0.39, 0.29) is 11.8 Å². The van der Waals surface area contributed by atoms with Crippen molar-refractivity contribution in [3.8, 4) is 22.8 Å². The second-order valence-corrected chi connectivity index (χ2v) is 7.83. The Bertz CT molecular complexity index is 1070. The zero-order chi connectivity index (χ0) is 21.8. The van der Waals surface area contributed by atoms with E-state index in [2.05, 4.69) is 23.2 Å². The average molecular weight is 418 g/mol. The first-order valence-electron chi connectivity index (χ1n) is 10.5. The molecule has 1 amide bonds. The minimum atomic E-state index is 0.000486. The first-order chi connectivity index (χ1) is 15.1. The lowest BCUT2D eigenvalue weighted by Gasteiger charge is -2.33. The number of hydrogen-bond acceptors (Lipinski definition) is 5. The van der Waals surface area contributed by atoms with Crippen LogP contribution in [0.3, 0.4) is 0 Å². The number of hydrogen-bond donors (Lipinski definition) is 0. The van der Waals surface area contributed by atoms with Crippen LogP contribution in [0.2, 0.25) is 0 Å². The number of aromatic nitrogens is 2. The minimum Gasteiger partial charge on any atom is -0.497 e. The van der Waals surface area contributed by atoms with E-state index in [9.17, 15) is 4.79 Å². The fraction of sp³-hybridized carbons (Fsp3) is 0.320. The molecule has 1 aliphatic rings. The van der Waals surface area contributed by atoms with Crippen LogP contribution in [0.15, 0.2) is 54.7 Å². The molecule has 0 saturated carbocycles. The highest BCUT2D eigenvalue weighted by molar-refractivity contribution is 5.94. The summed E-state index contributed by atoms with van der Waals surface area (Å²) in [5.74, 6) is 1.53. The molecule has 4 rings (SSSR count). The monoisotopic (exact) mass is 417 g/mol. The van der Waals surface area contributed by atoms with E-state index in [1.54, 1.807) is 32.5 Å². The summed E-state index contributed by atoms with van der Waals surface area (Å²) >= 11 is 0. The van der Waals surface area contributed by atoms with E-state index in [0.29, 0.717) is 18.0 Å². The Kier molecular flexibility index (Phi) is 6.16. The number of methoxy groups -OCH3 is 2. The van der Waals surface area contributed by atoms with Crippen LogP contribution in [-0.4, -0.2) is 48.1 Å². The molecule has 3 aromatic rings. The van der Waals surface area contributed by atoms with E-state index < -0.39 is 0 Å². The topological polar surface area (TPSA) is 64.5 Å². The maximum Gasteiger partial charge on any atom is 0.255 e. The molecule has 6 nitrogen and oxygen atoms in total. The molecule has 6 heteroatoms. The quantitative estimate of drug-likeness (QED) is 0.612. The Balaban J connectivity index is 1.56. The van der Waals surface area contributed by atoms with Crippen LogP contribution in [0.25, 0.3) is 11.1 Å². The number of benzene rings is 1. The van der Waals surface area contributed by atoms with Crippen LogP contribution in [-0.2, 0) is 0 Å². The molecule has 1 aromatic carbocycles. The van der Waals surface area contributed by atoms with Gasteiger partial charge in [0.15, 0.2) is 0 Å². The number of carbonyl (C=O) groups excluding carboxylic acids is 1. The normalized spacial score (nSPS) is 16.1. The maximum absolute atomic E-state index is 13.0. The van der Waals surface area contributed by atoms with Gasteiger partial charge in [-0.25, -0.2) is 4.98 Å². The second kappa shape index (κ2) is 9.16. The number of carbonyl (C=O) groups is 1. The molecule has 1 fully saturated rings. The van der Waals surface area contributed by atoms with Gasteiger partial charge in [0, 0.05) is 42.7 Å². The number of pyridine rings is 2. The summed E-state index contributed by atoms with van der Waals surface area (Å²) in [4.78, 5) is 23.9. The zero-order valence-corrected chi connectivity index (χ0v) is 18.2. The summed E-state index contributed by atoms with van der Waals surface area (Å²) in [7, 11) is 3.24. The van der Waals surface area contributed by atoms with Gasteiger partial charge in [0.05, 0.1) is 19.8 Å². The predicted molar refractivity (Wildman–Crippen MR) is 120 cm³/mol. The molecule has 0 unspecified atom stereocenters. The van der Waals surface area contributed by atoms with Crippen LogP contribution in [0, 0.1) is 6.92 Å². The summed E-state index contributed by atoms with van der Waals surface area (Å²) in [5, 5.41) is 0. The summed E-state index contributed by atoms with van der Waals surface area (Å²) in [6.07, 6.45) is 3.54. The van der Waals surface area contributed by atoms with Crippen molar-refractivity contribution in [2.75, 3.05) is 27.3 Å². The average Bonchev–Trinajstić information content (AvgIpc) is 2.83. The largest absolute Gasteiger partial charge is 0.497 e. The van der Waals surface area contributed by atoms with E-state index >= 15 is 0 Å². The molecule has 1 atom stereocenters. The molecular weight excluding hydrogens is 390 g/mol. The van der Waals surface area contributed by atoms with Crippen molar-refractivity contribution in [1.29, 1.82) is 0 Å². The summed E-state index contributed by atoms with van der Waals surface area (Å²) < 4.78 is 10.5. The van der Waals surface area contributed by atoms with Crippen LogP contribution >= 0.6 is 0 Å². The molecule has 1 aliphatic heterocycles. The van der Waals surface area contributed by atoms with Gasteiger partial charge in [0.2, 0.25) is 5.88 Å². The first kappa shape index (κ1) is 20.8. The van der Waals surface area contributed by atoms with Gasteiger partial charge in [-0.2, -0.15) is 0 Å². The van der Waals surface area contributed by atoms with Crippen molar-refractivity contribution >= 4 is 5.91 Å². The van der Waals surface area contributed by atoms with Crippen LogP contribution < -0.4 is 9.47 Å². The number of amides is 1. The highest BCUT2D eigenvalue weighted by atomic mass is 16.5. The molecular formula is C25H27N3O3. The van der Waals surface area contributed by atoms with Crippen molar-refractivity contribution in [3.63, 3.8) is 0 Å². The number of likely N-dealkylation sites (tertiary alicyclic amines) is 1. The lowest BCUT2D eigenvalue weighted by Crippen LogP contribution is -2.39. The summed E-state index contributed by atoms with van der Waals surface area (Å²) in [6.45, 7) is 3.41. The molecule has 0 N–H and O–H groups in total. The van der Waals surface area contributed by atoms with Gasteiger partial charge in [-0.05, 0) is 61.2 Å². The summed E-state index contributed by atoms with van der Waals surface area (Å²) in [5.41, 5.74) is 4.79. The molecule has 0 spiro atoms. The molecule has 2 aromatic heterocycles. The molecule has 0 aliphatic carbocycles. The Morgan fingerprint density at radius 1 is 1.06 bits per heavy atom. The Morgan fingerprint density at radius 2 is 1.94 bits per heavy atom. The third kappa shape index (κ3) is 4.68. The van der Waals surface area contributed by atoms with Gasteiger partial charge in [-0.1, -0.05) is 12.1 Å². The lowest BCUT2D eigenvalue weighted by molar-refractivity contribution is 0.0705. The first-order valence-corrected chi connectivity index (χ1v) is 10.5. The highest BCUT2D eigenvalue weighted by Crippen LogP contribution is 2.31. The Morgan fingerprint density at radius 3 is 2.68 bits per heavy atom. The van der Waals surface area contributed by atoms with Gasteiger partial charge < -0.3 is 14.4 Å². The van der Waals surface area contributed by atoms with Crippen molar-refractivity contribution in [3.05, 3.63) is 71.7 Å². The van der Waals surface area contributed by atoms with Gasteiger partial charge in [-0.3, -0.25) is 9.78 Å². The standard InChI is InChI=1S/C25H27N3O3/c1-17-12-21(18-6-4-8-22(13-18)30-2)14-23(27-17)20-7-5-11-28(16-20)25(29)19-9-10-24(31-3)26-15-19/h4,6,8-10,12-15,20H,5,7,11,16H2,1-3H3/t20-/m0/s1.